The fourth-order valence-corrected chi connectivity index (χ4v) is 1.83. The second-order valence-corrected chi connectivity index (χ2v) is 4.68. The Kier molecular flexibility index (Phi) is 9.62. The van der Waals surface area contributed by atoms with Gasteiger partial charge in [-0.1, -0.05) is 31.2 Å². The Morgan fingerprint density at radius 3 is 2.85 bits per heavy atom. The lowest BCUT2D eigenvalue weighted by Crippen LogP contribution is -2.15. The molecule has 0 aliphatic rings. The normalized spacial score (nSPS) is 10.4. The predicted octanol–water partition coefficient (Wildman–Crippen LogP) is 3.55. The van der Waals surface area contributed by atoms with Crippen LogP contribution < -0.4 is 10.1 Å². The Labute approximate surface area is 123 Å². The third-order valence-electron chi connectivity index (χ3n) is 2.90. The van der Waals surface area contributed by atoms with E-state index in [1.165, 1.54) is 5.56 Å². The molecule has 0 atom stereocenters. The molecule has 0 saturated carbocycles. The number of unbranched alkanes of at least 4 members (excludes halogenated alkanes) is 1. The van der Waals surface area contributed by atoms with Crippen LogP contribution in [0.2, 0.25) is 0 Å². The summed E-state index contributed by atoms with van der Waals surface area (Å²) in [6.07, 6.45) is 5.09. The van der Waals surface area contributed by atoms with Crippen LogP contribution in [0, 0.1) is 0 Å². The van der Waals surface area contributed by atoms with Gasteiger partial charge in [-0.2, -0.15) is 0 Å². The molecule has 1 aromatic carbocycles. The zero-order valence-electron chi connectivity index (χ0n) is 12.6. The second-order valence-electron chi connectivity index (χ2n) is 4.68. The van der Waals surface area contributed by atoms with E-state index in [1.54, 1.807) is 0 Å². The van der Waals surface area contributed by atoms with E-state index >= 15 is 0 Å². The van der Waals surface area contributed by atoms with Gasteiger partial charge in [0.25, 0.3) is 0 Å². The Morgan fingerprint density at radius 1 is 1.20 bits per heavy atom. The minimum atomic E-state index is 0.596. The number of benzene rings is 1. The van der Waals surface area contributed by atoms with E-state index in [1.807, 2.05) is 24.3 Å². The van der Waals surface area contributed by atoms with Crippen molar-refractivity contribution in [2.75, 3.05) is 26.4 Å². The van der Waals surface area contributed by atoms with Crippen molar-refractivity contribution in [1.29, 1.82) is 0 Å². The van der Waals surface area contributed by atoms with Crippen molar-refractivity contribution in [1.82, 2.24) is 5.32 Å². The molecule has 112 valence electrons. The molecule has 0 spiro atoms. The molecule has 0 aliphatic heterocycles. The van der Waals surface area contributed by atoms with Crippen LogP contribution in [0.5, 0.6) is 5.75 Å². The van der Waals surface area contributed by atoms with Gasteiger partial charge in [0, 0.05) is 18.7 Å². The lowest BCUT2D eigenvalue weighted by atomic mass is 10.2. The Morgan fingerprint density at radius 2 is 2.05 bits per heavy atom. The van der Waals surface area contributed by atoms with Gasteiger partial charge in [0.15, 0.2) is 0 Å². The van der Waals surface area contributed by atoms with Gasteiger partial charge in [0.1, 0.15) is 12.4 Å². The van der Waals surface area contributed by atoms with Crippen LogP contribution in [-0.4, -0.2) is 26.4 Å². The fraction of sp³-hybridized carbons (Fsp3) is 0.529. The first-order valence-corrected chi connectivity index (χ1v) is 7.48. The van der Waals surface area contributed by atoms with Crippen LogP contribution in [0.25, 0.3) is 0 Å². The van der Waals surface area contributed by atoms with E-state index < -0.39 is 0 Å². The molecule has 0 aromatic heterocycles. The van der Waals surface area contributed by atoms with E-state index in [2.05, 4.69) is 24.9 Å². The van der Waals surface area contributed by atoms with Crippen molar-refractivity contribution in [3.63, 3.8) is 0 Å². The molecule has 0 radical (unpaired) electrons. The largest absolute Gasteiger partial charge is 0.491 e. The van der Waals surface area contributed by atoms with Gasteiger partial charge >= 0.3 is 0 Å². The number of hydrogen-bond donors (Lipinski definition) is 1. The van der Waals surface area contributed by atoms with Crippen LogP contribution in [0.1, 0.15) is 31.7 Å². The molecule has 3 nitrogen and oxygen atoms in total. The number of ether oxygens (including phenoxy) is 2. The average Bonchev–Trinajstić information content (AvgIpc) is 2.48. The average molecular weight is 277 g/mol. The smallest absolute Gasteiger partial charge is 0.123 e. The predicted molar refractivity (Wildman–Crippen MR) is 84.2 cm³/mol. The van der Waals surface area contributed by atoms with Gasteiger partial charge in [-0.3, -0.25) is 0 Å². The summed E-state index contributed by atoms with van der Waals surface area (Å²) in [4.78, 5) is 0. The number of hydrogen-bond acceptors (Lipinski definition) is 3. The van der Waals surface area contributed by atoms with Gasteiger partial charge in [-0.25, -0.2) is 0 Å². The minimum absolute atomic E-state index is 0.596. The highest BCUT2D eigenvalue weighted by molar-refractivity contribution is 5.33. The maximum Gasteiger partial charge on any atom is 0.123 e. The summed E-state index contributed by atoms with van der Waals surface area (Å²) >= 11 is 0. The molecule has 20 heavy (non-hydrogen) atoms. The highest BCUT2D eigenvalue weighted by Crippen LogP contribution is 2.17. The second kappa shape index (κ2) is 11.5. The van der Waals surface area contributed by atoms with Gasteiger partial charge in [0.05, 0.1) is 6.61 Å². The molecule has 1 N–H and O–H groups in total. The Bertz CT molecular complexity index is 366. The topological polar surface area (TPSA) is 30.5 Å². The van der Waals surface area contributed by atoms with E-state index in [-0.39, 0.29) is 0 Å². The van der Waals surface area contributed by atoms with Crippen LogP contribution in [-0.2, 0) is 11.3 Å². The molecule has 3 heteroatoms. The molecule has 0 fully saturated rings. The molecule has 0 heterocycles. The molecule has 0 amide bonds. The SMILES string of the molecule is C=CCCCOCCOc1ccccc1CNCCC. The Hall–Kier alpha value is -1.32. The van der Waals surface area contributed by atoms with E-state index in [0.29, 0.717) is 13.2 Å². The van der Waals surface area contributed by atoms with Crippen molar-refractivity contribution in [3.05, 3.63) is 42.5 Å². The molecule has 0 aliphatic carbocycles. The first kappa shape index (κ1) is 16.7. The summed E-state index contributed by atoms with van der Waals surface area (Å²) in [5.41, 5.74) is 1.20. The van der Waals surface area contributed by atoms with Crippen molar-refractivity contribution >= 4 is 0 Å². The summed E-state index contributed by atoms with van der Waals surface area (Å²) < 4.78 is 11.3. The molecule has 1 aromatic rings. The zero-order valence-corrected chi connectivity index (χ0v) is 12.6. The standard InChI is InChI=1S/C17H27NO2/c1-3-5-8-12-19-13-14-20-17-10-7-6-9-16(17)15-18-11-4-2/h3,6-7,9-10,18H,1,4-5,8,11-15H2,2H3. The van der Waals surface area contributed by atoms with Crippen LogP contribution >= 0.6 is 0 Å². The summed E-state index contributed by atoms with van der Waals surface area (Å²) in [6.45, 7) is 9.74. The molecular formula is C17H27NO2. The highest BCUT2D eigenvalue weighted by atomic mass is 16.5. The van der Waals surface area contributed by atoms with Crippen molar-refractivity contribution in [3.8, 4) is 5.75 Å². The zero-order chi connectivity index (χ0) is 14.5. The van der Waals surface area contributed by atoms with Crippen LogP contribution in [0.4, 0.5) is 0 Å². The summed E-state index contributed by atoms with van der Waals surface area (Å²) in [6, 6.07) is 8.16. The molecule has 0 saturated heterocycles. The van der Waals surface area contributed by atoms with Crippen LogP contribution in [0.15, 0.2) is 36.9 Å². The van der Waals surface area contributed by atoms with E-state index in [9.17, 15) is 0 Å². The molecule has 0 unspecified atom stereocenters. The number of rotatable bonds is 12. The van der Waals surface area contributed by atoms with E-state index in [4.69, 9.17) is 9.47 Å². The third kappa shape index (κ3) is 7.31. The number of allylic oxidation sites excluding steroid dienone is 1. The van der Waals surface area contributed by atoms with Crippen molar-refractivity contribution < 1.29 is 9.47 Å². The molecule has 0 bridgehead atoms. The first-order valence-electron chi connectivity index (χ1n) is 7.48. The maximum absolute atomic E-state index is 5.79. The summed E-state index contributed by atoms with van der Waals surface area (Å²) in [7, 11) is 0. The van der Waals surface area contributed by atoms with Gasteiger partial charge in [-0.15, -0.1) is 6.58 Å². The highest BCUT2D eigenvalue weighted by Gasteiger charge is 2.02. The maximum atomic E-state index is 5.79. The molecular weight excluding hydrogens is 250 g/mol. The number of nitrogens with one attached hydrogen (secondary N) is 1. The Balaban J connectivity index is 2.23. The first-order chi connectivity index (χ1) is 9.88. The lowest BCUT2D eigenvalue weighted by molar-refractivity contribution is 0.0985. The fourth-order valence-electron chi connectivity index (χ4n) is 1.83. The molecule has 1 rings (SSSR count). The monoisotopic (exact) mass is 277 g/mol. The van der Waals surface area contributed by atoms with Crippen LogP contribution in [0.3, 0.4) is 0 Å². The van der Waals surface area contributed by atoms with E-state index in [0.717, 1.165) is 44.7 Å². The number of para-hydroxylation sites is 1. The summed E-state index contributed by atoms with van der Waals surface area (Å²) in [5, 5.41) is 3.40. The lowest BCUT2D eigenvalue weighted by Gasteiger charge is -2.12. The third-order valence-corrected chi connectivity index (χ3v) is 2.90. The van der Waals surface area contributed by atoms with Gasteiger partial charge in [0.2, 0.25) is 0 Å². The minimum Gasteiger partial charge on any atom is -0.491 e. The quantitative estimate of drug-likeness (QED) is 0.468. The van der Waals surface area contributed by atoms with Crippen molar-refractivity contribution in [2.24, 2.45) is 0 Å². The van der Waals surface area contributed by atoms with Gasteiger partial charge < -0.3 is 14.8 Å². The van der Waals surface area contributed by atoms with Crippen molar-refractivity contribution in [2.45, 2.75) is 32.7 Å². The van der Waals surface area contributed by atoms with Gasteiger partial charge in [-0.05, 0) is 31.9 Å². The summed E-state index contributed by atoms with van der Waals surface area (Å²) in [5.74, 6) is 0.950.